The molecule has 0 bridgehead atoms. The largest absolute Gasteiger partial charge is 0.478 e. The number of fused-ring (bicyclic) bond motifs is 1. The van der Waals surface area contributed by atoms with Gasteiger partial charge in [0, 0.05) is 6.04 Å². The molecule has 0 spiro atoms. The smallest absolute Gasteiger partial charge is 0.420 e. The van der Waals surface area contributed by atoms with Gasteiger partial charge in [0.25, 0.3) is 0 Å². The van der Waals surface area contributed by atoms with E-state index in [4.69, 9.17) is 9.52 Å². The number of hydrogen-bond donors (Lipinski definition) is 1. The Morgan fingerprint density at radius 3 is 2.69 bits per heavy atom. The van der Waals surface area contributed by atoms with Crippen LogP contribution in [0.5, 0.6) is 0 Å². The fraction of sp³-hybridized carbons (Fsp3) is 0.273. The van der Waals surface area contributed by atoms with Crippen molar-refractivity contribution in [2.24, 2.45) is 0 Å². The molecular weight excluding hydrogens is 210 g/mol. The van der Waals surface area contributed by atoms with Gasteiger partial charge in [-0.15, -0.1) is 0 Å². The third-order valence-corrected chi connectivity index (χ3v) is 2.38. The monoisotopic (exact) mass is 221 g/mol. The Morgan fingerprint density at radius 2 is 2.12 bits per heavy atom. The van der Waals surface area contributed by atoms with Crippen LogP contribution in [-0.4, -0.2) is 15.6 Å². The summed E-state index contributed by atoms with van der Waals surface area (Å²) in [6.45, 7) is 3.67. The highest BCUT2D eigenvalue weighted by molar-refractivity contribution is 5.91. The minimum atomic E-state index is -1.02. The highest BCUT2D eigenvalue weighted by Gasteiger charge is 2.13. The standard InChI is InChI=1S/C11H11NO4/c1-6(2)12-8-5-7(10(13)14)3-4-9(8)16-11(12)15/h3-6H,1-2H3,(H,13,14). The summed E-state index contributed by atoms with van der Waals surface area (Å²) in [7, 11) is 0. The number of oxazole rings is 1. The molecule has 0 saturated carbocycles. The van der Waals surface area contributed by atoms with Crippen molar-refractivity contribution >= 4 is 17.1 Å². The molecule has 0 aliphatic heterocycles. The van der Waals surface area contributed by atoms with Crippen LogP contribution in [0.3, 0.4) is 0 Å². The van der Waals surface area contributed by atoms with Crippen LogP contribution in [0.4, 0.5) is 0 Å². The lowest BCUT2D eigenvalue weighted by molar-refractivity contribution is 0.0697. The van der Waals surface area contributed by atoms with E-state index in [-0.39, 0.29) is 11.6 Å². The molecule has 0 unspecified atom stereocenters. The van der Waals surface area contributed by atoms with Crippen molar-refractivity contribution in [1.82, 2.24) is 4.57 Å². The van der Waals surface area contributed by atoms with Crippen LogP contribution in [0.25, 0.3) is 11.1 Å². The van der Waals surface area contributed by atoms with E-state index in [2.05, 4.69) is 0 Å². The number of rotatable bonds is 2. The molecule has 0 amide bonds. The summed E-state index contributed by atoms with van der Waals surface area (Å²) in [5.41, 5.74) is 1.06. The lowest BCUT2D eigenvalue weighted by atomic mass is 10.2. The normalized spacial score (nSPS) is 11.2. The van der Waals surface area contributed by atoms with Crippen molar-refractivity contribution in [2.45, 2.75) is 19.9 Å². The number of aromatic nitrogens is 1. The van der Waals surface area contributed by atoms with E-state index < -0.39 is 11.7 Å². The molecule has 5 heteroatoms. The molecule has 0 saturated heterocycles. The summed E-state index contributed by atoms with van der Waals surface area (Å²) < 4.78 is 6.44. The van der Waals surface area contributed by atoms with E-state index in [0.717, 1.165) is 0 Å². The molecule has 2 rings (SSSR count). The molecule has 0 radical (unpaired) electrons. The van der Waals surface area contributed by atoms with E-state index in [1.54, 1.807) is 0 Å². The van der Waals surface area contributed by atoms with Crippen LogP contribution in [-0.2, 0) is 0 Å². The Labute approximate surface area is 90.9 Å². The quantitative estimate of drug-likeness (QED) is 0.840. The maximum atomic E-state index is 11.5. The second kappa shape index (κ2) is 3.52. The van der Waals surface area contributed by atoms with Gasteiger partial charge < -0.3 is 9.52 Å². The van der Waals surface area contributed by atoms with E-state index >= 15 is 0 Å². The third kappa shape index (κ3) is 1.50. The molecular formula is C11H11NO4. The molecule has 5 nitrogen and oxygen atoms in total. The van der Waals surface area contributed by atoms with Gasteiger partial charge in [0.15, 0.2) is 5.58 Å². The van der Waals surface area contributed by atoms with Crippen molar-refractivity contribution in [3.05, 3.63) is 34.3 Å². The molecule has 0 aliphatic carbocycles. The Bertz CT molecular complexity index is 606. The molecule has 1 heterocycles. The van der Waals surface area contributed by atoms with Crippen LogP contribution >= 0.6 is 0 Å². The van der Waals surface area contributed by atoms with Crippen molar-refractivity contribution in [1.29, 1.82) is 0 Å². The van der Waals surface area contributed by atoms with Gasteiger partial charge in [0.05, 0.1) is 11.1 Å². The highest BCUT2D eigenvalue weighted by Crippen LogP contribution is 2.18. The first kappa shape index (κ1) is 10.5. The van der Waals surface area contributed by atoms with Crippen LogP contribution in [0.15, 0.2) is 27.4 Å². The summed E-state index contributed by atoms with van der Waals surface area (Å²) in [5.74, 6) is -1.49. The second-order valence-electron chi connectivity index (χ2n) is 3.82. The first-order chi connectivity index (χ1) is 7.50. The Hall–Kier alpha value is -2.04. The SMILES string of the molecule is CC(C)n1c(=O)oc2ccc(C(=O)O)cc21. The first-order valence-corrected chi connectivity index (χ1v) is 4.89. The third-order valence-electron chi connectivity index (χ3n) is 2.38. The molecule has 0 aliphatic rings. The second-order valence-corrected chi connectivity index (χ2v) is 3.82. The fourth-order valence-electron chi connectivity index (χ4n) is 1.66. The zero-order valence-electron chi connectivity index (χ0n) is 8.93. The number of benzene rings is 1. The van der Waals surface area contributed by atoms with Gasteiger partial charge in [-0.3, -0.25) is 4.57 Å². The van der Waals surface area contributed by atoms with Gasteiger partial charge in [0.1, 0.15) is 0 Å². The Kier molecular flexibility index (Phi) is 2.30. The minimum Gasteiger partial charge on any atom is -0.478 e. The zero-order chi connectivity index (χ0) is 11.9. The number of carboxylic acids is 1. The average molecular weight is 221 g/mol. The van der Waals surface area contributed by atoms with Gasteiger partial charge in [0.2, 0.25) is 0 Å². The Morgan fingerprint density at radius 1 is 1.44 bits per heavy atom. The lowest BCUT2D eigenvalue weighted by Crippen LogP contribution is -2.16. The van der Waals surface area contributed by atoms with Crippen molar-refractivity contribution in [3.63, 3.8) is 0 Å². The molecule has 1 aromatic carbocycles. The summed E-state index contributed by atoms with van der Waals surface area (Å²) in [5, 5.41) is 8.86. The lowest BCUT2D eigenvalue weighted by Gasteiger charge is -2.05. The summed E-state index contributed by atoms with van der Waals surface area (Å²) in [6.07, 6.45) is 0. The van der Waals surface area contributed by atoms with Gasteiger partial charge in [-0.05, 0) is 32.0 Å². The molecule has 0 atom stereocenters. The van der Waals surface area contributed by atoms with Crippen LogP contribution in [0.2, 0.25) is 0 Å². The predicted molar refractivity (Wildman–Crippen MR) is 57.8 cm³/mol. The summed E-state index contributed by atoms with van der Waals surface area (Å²) >= 11 is 0. The Balaban J connectivity index is 2.79. The molecule has 0 fully saturated rings. The number of carboxylic acid groups (broad SMARTS) is 1. The van der Waals surface area contributed by atoms with Crippen molar-refractivity contribution in [2.75, 3.05) is 0 Å². The zero-order valence-corrected chi connectivity index (χ0v) is 8.93. The van der Waals surface area contributed by atoms with Crippen molar-refractivity contribution < 1.29 is 14.3 Å². The number of nitrogens with zero attached hydrogens (tertiary/aromatic N) is 1. The number of hydrogen-bond acceptors (Lipinski definition) is 3. The van der Waals surface area contributed by atoms with E-state index in [0.29, 0.717) is 11.1 Å². The predicted octanol–water partition coefficient (Wildman–Crippen LogP) is 1.87. The van der Waals surface area contributed by atoms with Gasteiger partial charge in [-0.25, -0.2) is 9.59 Å². The van der Waals surface area contributed by atoms with Gasteiger partial charge in [-0.1, -0.05) is 0 Å². The number of carbonyl (C=O) groups is 1. The van der Waals surface area contributed by atoms with E-state index in [1.807, 2.05) is 13.8 Å². The van der Waals surface area contributed by atoms with E-state index in [9.17, 15) is 9.59 Å². The van der Waals surface area contributed by atoms with E-state index in [1.165, 1.54) is 22.8 Å². The van der Waals surface area contributed by atoms with Gasteiger partial charge >= 0.3 is 11.7 Å². The van der Waals surface area contributed by atoms with Crippen LogP contribution < -0.4 is 5.76 Å². The summed E-state index contributed by atoms with van der Waals surface area (Å²) in [6, 6.07) is 4.29. The van der Waals surface area contributed by atoms with Gasteiger partial charge in [-0.2, -0.15) is 0 Å². The maximum absolute atomic E-state index is 11.5. The van der Waals surface area contributed by atoms with Crippen LogP contribution in [0.1, 0.15) is 30.2 Å². The molecule has 16 heavy (non-hydrogen) atoms. The molecule has 1 aromatic heterocycles. The minimum absolute atomic E-state index is 0.0715. The van der Waals surface area contributed by atoms with Crippen LogP contribution in [0, 0.1) is 0 Å². The highest BCUT2D eigenvalue weighted by atomic mass is 16.4. The van der Waals surface area contributed by atoms with Crippen molar-refractivity contribution in [3.8, 4) is 0 Å². The molecule has 84 valence electrons. The number of aromatic carboxylic acids is 1. The molecule has 1 N–H and O–H groups in total. The summed E-state index contributed by atoms with van der Waals surface area (Å²) in [4.78, 5) is 22.3. The fourth-order valence-corrected chi connectivity index (χ4v) is 1.66. The maximum Gasteiger partial charge on any atom is 0.420 e. The first-order valence-electron chi connectivity index (χ1n) is 4.89. The topological polar surface area (TPSA) is 72.4 Å². The average Bonchev–Trinajstić information content (AvgIpc) is 2.51. The molecule has 2 aromatic rings.